The van der Waals surface area contributed by atoms with Crippen molar-refractivity contribution in [1.82, 2.24) is 4.90 Å². The van der Waals surface area contributed by atoms with Gasteiger partial charge in [-0.3, -0.25) is 4.79 Å². The second-order valence-electron chi connectivity index (χ2n) is 5.79. The van der Waals surface area contributed by atoms with E-state index in [9.17, 15) is 9.90 Å². The molecule has 0 aliphatic carbocycles. The number of benzene rings is 1. The molecule has 1 unspecified atom stereocenters. The maximum atomic E-state index is 12.8. The molecule has 1 heterocycles. The summed E-state index contributed by atoms with van der Waals surface area (Å²) in [5.41, 5.74) is 6.15. The predicted molar refractivity (Wildman–Crippen MR) is 79.3 cm³/mol. The second-order valence-corrected chi connectivity index (χ2v) is 5.79. The SMILES string of the molecule is COc1cccc(N)c1C(=O)N1CC(CO)OC(C)(C)C1. The van der Waals surface area contributed by atoms with Gasteiger partial charge in [-0.1, -0.05) is 6.07 Å². The Kier molecular flexibility index (Phi) is 4.39. The van der Waals surface area contributed by atoms with E-state index in [0.29, 0.717) is 30.1 Å². The minimum Gasteiger partial charge on any atom is -0.496 e. The number of aliphatic hydroxyl groups excluding tert-OH is 1. The zero-order valence-corrected chi connectivity index (χ0v) is 12.6. The molecule has 116 valence electrons. The molecule has 1 atom stereocenters. The largest absolute Gasteiger partial charge is 0.496 e. The summed E-state index contributed by atoms with van der Waals surface area (Å²) in [5, 5.41) is 9.34. The Morgan fingerprint density at radius 2 is 2.29 bits per heavy atom. The summed E-state index contributed by atoms with van der Waals surface area (Å²) >= 11 is 0. The first-order valence-electron chi connectivity index (χ1n) is 6.88. The van der Waals surface area contributed by atoms with Crippen molar-refractivity contribution in [3.8, 4) is 5.75 Å². The molecule has 21 heavy (non-hydrogen) atoms. The van der Waals surface area contributed by atoms with Crippen LogP contribution in [-0.4, -0.2) is 54.4 Å². The van der Waals surface area contributed by atoms with Crippen LogP contribution in [0.3, 0.4) is 0 Å². The normalized spacial score (nSPS) is 21.1. The van der Waals surface area contributed by atoms with Gasteiger partial charge in [-0.25, -0.2) is 0 Å². The standard InChI is InChI=1S/C15H22N2O4/c1-15(2)9-17(7-10(8-18)21-15)14(19)13-11(16)5-4-6-12(13)20-3/h4-6,10,18H,7-9,16H2,1-3H3. The Balaban J connectivity index is 2.31. The van der Waals surface area contributed by atoms with Crippen LogP contribution in [0.4, 0.5) is 5.69 Å². The Labute approximate surface area is 124 Å². The van der Waals surface area contributed by atoms with Gasteiger partial charge in [0.05, 0.1) is 25.4 Å². The van der Waals surface area contributed by atoms with Crippen LogP contribution in [0.15, 0.2) is 18.2 Å². The molecule has 0 bridgehead atoms. The first-order chi connectivity index (χ1) is 9.88. The number of carbonyl (C=O) groups excluding carboxylic acids is 1. The van der Waals surface area contributed by atoms with Crippen LogP contribution in [-0.2, 0) is 4.74 Å². The number of ether oxygens (including phenoxy) is 2. The molecule has 1 aliphatic heterocycles. The number of aliphatic hydroxyl groups is 1. The van der Waals surface area contributed by atoms with Crippen LogP contribution in [0.1, 0.15) is 24.2 Å². The van der Waals surface area contributed by atoms with Crippen molar-refractivity contribution in [2.24, 2.45) is 0 Å². The summed E-state index contributed by atoms with van der Waals surface area (Å²) in [5.74, 6) is 0.240. The minimum atomic E-state index is -0.516. The summed E-state index contributed by atoms with van der Waals surface area (Å²) in [6.07, 6.45) is -0.395. The van der Waals surface area contributed by atoms with Gasteiger partial charge in [0.15, 0.2) is 0 Å². The Hall–Kier alpha value is -1.79. The van der Waals surface area contributed by atoms with Crippen LogP contribution >= 0.6 is 0 Å². The number of amides is 1. The van der Waals surface area contributed by atoms with E-state index < -0.39 is 11.7 Å². The zero-order valence-electron chi connectivity index (χ0n) is 12.6. The van der Waals surface area contributed by atoms with Crippen LogP contribution in [0.2, 0.25) is 0 Å². The molecule has 1 aliphatic rings. The number of carbonyl (C=O) groups is 1. The monoisotopic (exact) mass is 294 g/mol. The Bertz CT molecular complexity index is 530. The smallest absolute Gasteiger partial charge is 0.259 e. The lowest BCUT2D eigenvalue weighted by molar-refractivity contribution is -0.139. The molecular formula is C15H22N2O4. The average molecular weight is 294 g/mol. The van der Waals surface area contributed by atoms with E-state index in [2.05, 4.69) is 0 Å². The van der Waals surface area contributed by atoms with Crippen LogP contribution in [0.5, 0.6) is 5.75 Å². The number of rotatable bonds is 3. The molecule has 0 spiro atoms. The molecule has 3 N–H and O–H groups in total. The highest BCUT2D eigenvalue weighted by Crippen LogP contribution is 2.29. The fourth-order valence-electron chi connectivity index (χ4n) is 2.65. The minimum absolute atomic E-state index is 0.130. The molecule has 6 nitrogen and oxygen atoms in total. The first-order valence-corrected chi connectivity index (χ1v) is 6.88. The highest BCUT2D eigenvalue weighted by Gasteiger charge is 2.36. The topological polar surface area (TPSA) is 85.0 Å². The van der Waals surface area contributed by atoms with Gasteiger partial charge in [0.1, 0.15) is 11.3 Å². The van der Waals surface area contributed by atoms with Gasteiger partial charge in [0.2, 0.25) is 0 Å². The van der Waals surface area contributed by atoms with Gasteiger partial charge >= 0.3 is 0 Å². The third-order valence-electron chi connectivity index (χ3n) is 3.46. The summed E-state index contributed by atoms with van der Waals surface area (Å²) in [7, 11) is 1.51. The number of nitrogen functional groups attached to an aromatic ring is 1. The maximum Gasteiger partial charge on any atom is 0.259 e. The highest BCUT2D eigenvalue weighted by atomic mass is 16.5. The van der Waals surface area contributed by atoms with Crippen molar-refractivity contribution in [2.45, 2.75) is 25.6 Å². The third-order valence-corrected chi connectivity index (χ3v) is 3.46. The van der Waals surface area contributed by atoms with Gasteiger partial charge in [-0.2, -0.15) is 0 Å². The number of methoxy groups -OCH3 is 1. The lowest BCUT2D eigenvalue weighted by Gasteiger charge is -2.42. The summed E-state index contributed by atoms with van der Waals surface area (Å²) in [4.78, 5) is 14.4. The molecule has 1 fully saturated rings. The van der Waals surface area contributed by atoms with E-state index in [-0.39, 0.29) is 12.5 Å². The van der Waals surface area contributed by atoms with E-state index >= 15 is 0 Å². The van der Waals surface area contributed by atoms with Crippen molar-refractivity contribution >= 4 is 11.6 Å². The number of anilines is 1. The van der Waals surface area contributed by atoms with Gasteiger partial charge in [0, 0.05) is 18.8 Å². The lowest BCUT2D eigenvalue weighted by atomic mass is 10.0. The number of hydrogen-bond donors (Lipinski definition) is 2. The molecule has 1 amide bonds. The van der Waals surface area contributed by atoms with Gasteiger partial charge in [-0.05, 0) is 26.0 Å². The molecule has 2 rings (SSSR count). The molecule has 1 saturated heterocycles. The second kappa shape index (κ2) is 5.91. The predicted octanol–water partition coefficient (Wildman–Crippen LogP) is 0.889. The fourth-order valence-corrected chi connectivity index (χ4v) is 2.65. The maximum absolute atomic E-state index is 12.8. The number of nitrogens with zero attached hydrogens (tertiary/aromatic N) is 1. The molecular weight excluding hydrogens is 272 g/mol. The number of morpholine rings is 1. The van der Waals surface area contributed by atoms with Crippen molar-refractivity contribution in [2.75, 3.05) is 32.5 Å². The average Bonchev–Trinajstić information content (AvgIpc) is 2.44. The van der Waals surface area contributed by atoms with Gasteiger partial charge in [0.25, 0.3) is 5.91 Å². The number of nitrogens with two attached hydrogens (primary N) is 1. The van der Waals surface area contributed by atoms with Crippen LogP contribution < -0.4 is 10.5 Å². The first kappa shape index (κ1) is 15.6. The molecule has 1 aromatic carbocycles. The summed E-state index contributed by atoms with van der Waals surface area (Å²) in [6.45, 7) is 4.41. The van der Waals surface area contributed by atoms with Crippen LogP contribution in [0.25, 0.3) is 0 Å². The van der Waals surface area contributed by atoms with Gasteiger partial charge in [-0.15, -0.1) is 0 Å². The fraction of sp³-hybridized carbons (Fsp3) is 0.533. The number of hydrogen-bond acceptors (Lipinski definition) is 5. The Morgan fingerprint density at radius 1 is 1.57 bits per heavy atom. The zero-order chi connectivity index (χ0) is 15.6. The van der Waals surface area contributed by atoms with E-state index in [1.54, 1.807) is 23.1 Å². The third kappa shape index (κ3) is 3.28. The van der Waals surface area contributed by atoms with Crippen LogP contribution in [0, 0.1) is 0 Å². The summed E-state index contributed by atoms with van der Waals surface area (Å²) < 4.78 is 11.0. The van der Waals surface area contributed by atoms with E-state index in [1.165, 1.54) is 7.11 Å². The van der Waals surface area contributed by atoms with Gasteiger partial charge < -0.3 is 25.2 Å². The molecule has 0 radical (unpaired) electrons. The van der Waals surface area contributed by atoms with E-state index in [4.69, 9.17) is 15.2 Å². The molecule has 6 heteroatoms. The molecule has 0 saturated carbocycles. The van der Waals surface area contributed by atoms with Crippen molar-refractivity contribution in [3.05, 3.63) is 23.8 Å². The Morgan fingerprint density at radius 3 is 2.90 bits per heavy atom. The molecule has 0 aromatic heterocycles. The molecule has 1 aromatic rings. The van der Waals surface area contributed by atoms with E-state index in [1.807, 2.05) is 13.8 Å². The van der Waals surface area contributed by atoms with Crippen molar-refractivity contribution in [1.29, 1.82) is 0 Å². The lowest BCUT2D eigenvalue weighted by Crippen LogP contribution is -2.55. The quantitative estimate of drug-likeness (QED) is 0.809. The highest BCUT2D eigenvalue weighted by molar-refractivity contribution is 6.02. The van der Waals surface area contributed by atoms with Crippen molar-refractivity contribution in [3.63, 3.8) is 0 Å². The summed E-state index contributed by atoms with van der Waals surface area (Å²) in [6, 6.07) is 5.12. The van der Waals surface area contributed by atoms with E-state index in [0.717, 1.165) is 0 Å². The van der Waals surface area contributed by atoms with Crippen molar-refractivity contribution < 1.29 is 19.4 Å².